The van der Waals surface area contributed by atoms with Gasteiger partial charge in [-0.2, -0.15) is 4.98 Å². The summed E-state index contributed by atoms with van der Waals surface area (Å²) in [5.74, 6) is -0.268. The Morgan fingerprint density at radius 3 is 2.40 bits per heavy atom. The molecule has 0 saturated heterocycles. The second-order valence-corrected chi connectivity index (χ2v) is 8.61. The number of halogens is 2. The first-order chi connectivity index (χ1) is 16.9. The maximum atomic E-state index is 14.1. The van der Waals surface area contributed by atoms with E-state index in [9.17, 15) is 8.78 Å². The van der Waals surface area contributed by atoms with Crippen LogP contribution in [0.15, 0.2) is 83.0 Å². The average Bonchev–Trinajstić information content (AvgIpc) is 3.34. The number of hydrogen-bond acceptors (Lipinski definition) is 4. The van der Waals surface area contributed by atoms with Crippen molar-refractivity contribution in [3.63, 3.8) is 0 Å². The number of hydrogen-bond donors (Lipinski definition) is 1. The lowest BCUT2D eigenvalue weighted by molar-refractivity contribution is 0.404. The number of benzene rings is 3. The molecule has 0 fully saturated rings. The van der Waals surface area contributed by atoms with E-state index in [2.05, 4.69) is 34.5 Å². The number of allylic oxidation sites excluding steroid dienone is 1. The first kappa shape index (κ1) is 22.9. The number of anilines is 1. The topological polar surface area (TPSA) is 54.2 Å². The molecule has 2 heterocycles. The van der Waals surface area contributed by atoms with Gasteiger partial charge >= 0.3 is 0 Å². The Bertz CT molecular complexity index is 1430. The molecule has 1 atom stereocenters. The Labute approximate surface area is 207 Å². The Morgan fingerprint density at radius 2 is 1.71 bits per heavy atom. The van der Waals surface area contributed by atoms with E-state index in [0.717, 1.165) is 17.8 Å². The van der Waals surface area contributed by atoms with E-state index < -0.39 is 11.9 Å². The van der Waals surface area contributed by atoms with Crippen molar-refractivity contribution in [2.45, 2.75) is 26.3 Å². The minimum Gasteiger partial charge on any atom is -0.351 e. The highest BCUT2D eigenvalue weighted by molar-refractivity contribution is 7.80. The first-order valence-corrected chi connectivity index (χ1v) is 11.6. The molecule has 1 aliphatic heterocycles. The molecule has 176 valence electrons. The van der Waals surface area contributed by atoms with Crippen molar-refractivity contribution in [2.75, 3.05) is 4.90 Å². The molecule has 5 rings (SSSR count). The van der Waals surface area contributed by atoms with Crippen molar-refractivity contribution in [2.24, 2.45) is 0 Å². The van der Waals surface area contributed by atoms with Gasteiger partial charge in [-0.1, -0.05) is 48.5 Å². The second-order valence-electron chi connectivity index (χ2n) is 8.23. The van der Waals surface area contributed by atoms with Gasteiger partial charge in [-0.05, 0) is 73.1 Å². The second kappa shape index (κ2) is 9.38. The van der Waals surface area contributed by atoms with E-state index in [-0.39, 0.29) is 17.5 Å². The van der Waals surface area contributed by atoms with Crippen molar-refractivity contribution in [3.05, 3.63) is 107 Å². The van der Waals surface area contributed by atoms with Crippen LogP contribution >= 0.6 is 12.2 Å². The highest BCUT2D eigenvalue weighted by Crippen LogP contribution is 2.39. The molecule has 0 radical (unpaired) electrons. The highest BCUT2D eigenvalue weighted by Gasteiger charge is 2.35. The van der Waals surface area contributed by atoms with Crippen molar-refractivity contribution in [1.82, 2.24) is 15.5 Å². The van der Waals surface area contributed by atoms with Gasteiger partial charge in [-0.3, -0.25) is 4.90 Å². The quantitative estimate of drug-likeness (QED) is 0.326. The van der Waals surface area contributed by atoms with Crippen LogP contribution in [0.3, 0.4) is 0 Å². The molecule has 0 bridgehead atoms. The summed E-state index contributed by atoms with van der Waals surface area (Å²) < 4.78 is 33.6. The lowest BCUT2D eigenvalue weighted by atomic mass is 9.94. The predicted molar refractivity (Wildman–Crippen MR) is 135 cm³/mol. The maximum Gasteiger partial charge on any atom is 0.258 e. The summed E-state index contributed by atoms with van der Waals surface area (Å²) in [6.07, 6.45) is 0.926. The van der Waals surface area contributed by atoms with Crippen LogP contribution in [0.4, 0.5) is 14.5 Å². The maximum absolute atomic E-state index is 14.1. The average molecular weight is 489 g/mol. The summed E-state index contributed by atoms with van der Waals surface area (Å²) in [6.45, 7) is 4.01. The molecule has 0 spiro atoms. The van der Waals surface area contributed by atoms with Gasteiger partial charge < -0.3 is 9.84 Å². The minimum absolute atomic E-state index is 0.237. The molecule has 35 heavy (non-hydrogen) atoms. The van der Waals surface area contributed by atoms with Crippen LogP contribution in [0.5, 0.6) is 0 Å². The minimum atomic E-state index is -0.523. The van der Waals surface area contributed by atoms with Crippen LogP contribution in [-0.4, -0.2) is 15.3 Å². The highest BCUT2D eigenvalue weighted by atomic mass is 32.1. The van der Waals surface area contributed by atoms with Crippen LogP contribution < -0.4 is 10.2 Å². The summed E-state index contributed by atoms with van der Waals surface area (Å²) in [5.41, 5.74) is 4.65. The molecule has 1 unspecified atom stereocenters. The molecule has 3 aromatic carbocycles. The molecule has 4 aromatic rings. The zero-order valence-corrected chi connectivity index (χ0v) is 19.9. The van der Waals surface area contributed by atoms with E-state index in [0.29, 0.717) is 21.8 Å². The molecule has 0 aliphatic carbocycles. The van der Waals surface area contributed by atoms with Crippen LogP contribution in [0.1, 0.15) is 36.9 Å². The number of aromatic nitrogens is 2. The monoisotopic (exact) mass is 488 g/mol. The Morgan fingerprint density at radius 1 is 1.00 bits per heavy atom. The zero-order valence-electron chi connectivity index (χ0n) is 19.1. The first-order valence-electron chi connectivity index (χ1n) is 11.2. The molecule has 0 amide bonds. The van der Waals surface area contributed by atoms with Crippen molar-refractivity contribution < 1.29 is 13.3 Å². The Balaban J connectivity index is 1.65. The van der Waals surface area contributed by atoms with Gasteiger partial charge in [0, 0.05) is 16.9 Å². The molecular formula is C27H22F2N4OS. The fourth-order valence-corrected chi connectivity index (χ4v) is 4.59. The molecule has 0 saturated carbocycles. The fraction of sp³-hybridized carbons (Fsp3) is 0.148. The van der Waals surface area contributed by atoms with Gasteiger partial charge in [0.1, 0.15) is 11.6 Å². The van der Waals surface area contributed by atoms with Crippen LogP contribution in [0.25, 0.3) is 17.0 Å². The Kier molecular flexibility index (Phi) is 6.13. The van der Waals surface area contributed by atoms with E-state index >= 15 is 0 Å². The molecular weight excluding hydrogens is 466 g/mol. The van der Waals surface area contributed by atoms with Crippen molar-refractivity contribution in [1.29, 1.82) is 0 Å². The van der Waals surface area contributed by atoms with Gasteiger partial charge in [-0.25, -0.2) is 8.78 Å². The van der Waals surface area contributed by atoms with Gasteiger partial charge in [-0.15, -0.1) is 0 Å². The summed E-state index contributed by atoms with van der Waals surface area (Å²) in [7, 11) is 0. The van der Waals surface area contributed by atoms with E-state index in [1.807, 2.05) is 30.0 Å². The number of rotatable bonds is 5. The molecule has 1 aromatic heterocycles. The third kappa shape index (κ3) is 4.44. The smallest absolute Gasteiger partial charge is 0.258 e. The van der Waals surface area contributed by atoms with Crippen LogP contribution in [-0.2, 0) is 6.42 Å². The largest absolute Gasteiger partial charge is 0.351 e. The van der Waals surface area contributed by atoms with Crippen LogP contribution in [0.2, 0.25) is 0 Å². The molecule has 5 nitrogen and oxygen atoms in total. The third-order valence-electron chi connectivity index (χ3n) is 6.01. The normalized spacial score (nSPS) is 15.9. The lowest BCUT2D eigenvalue weighted by Gasteiger charge is -2.37. The van der Waals surface area contributed by atoms with Gasteiger partial charge in [0.15, 0.2) is 5.11 Å². The summed E-state index contributed by atoms with van der Waals surface area (Å²) in [5, 5.41) is 7.87. The van der Waals surface area contributed by atoms with Crippen molar-refractivity contribution in [3.8, 4) is 11.4 Å². The van der Waals surface area contributed by atoms with E-state index in [4.69, 9.17) is 16.7 Å². The molecule has 1 N–H and O–H groups in total. The summed E-state index contributed by atoms with van der Waals surface area (Å²) >= 11 is 5.73. The number of nitrogens with one attached hydrogen (secondary N) is 1. The van der Waals surface area contributed by atoms with Gasteiger partial charge in [0.2, 0.25) is 5.82 Å². The Hall–Kier alpha value is -3.91. The van der Waals surface area contributed by atoms with Gasteiger partial charge in [0.05, 0.1) is 11.6 Å². The fourth-order valence-electron chi connectivity index (χ4n) is 4.23. The SMILES string of the molecule is CCc1ccc(N2C(=S)NC(c3cccc(F)c3)C(c3nc(-c4cccc(F)c4)no3)=C2C)cc1. The molecule has 8 heteroatoms. The number of aryl methyl sites for hydroxylation is 1. The summed E-state index contributed by atoms with van der Waals surface area (Å²) in [6, 6.07) is 19.9. The predicted octanol–water partition coefficient (Wildman–Crippen LogP) is 6.44. The van der Waals surface area contributed by atoms with E-state index in [1.165, 1.54) is 29.8 Å². The van der Waals surface area contributed by atoms with Crippen molar-refractivity contribution >= 4 is 28.6 Å². The van der Waals surface area contributed by atoms with E-state index in [1.54, 1.807) is 18.2 Å². The number of thiocarbonyl (C=S) groups is 1. The summed E-state index contributed by atoms with van der Waals surface area (Å²) in [4.78, 5) is 6.46. The number of nitrogens with zero attached hydrogens (tertiary/aromatic N) is 3. The zero-order chi connectivity index (χ0) is 24.5. The standard InChI is InChI=1S/C27H22F2N4OS/c1-3-17-10-12-22(13-11-17)33-16(2)23(24(30-27(33)35)18-6-4-8-20(28)14-18)26-31-25(32-34-26)19-7-5-9-21(29)15-19/h4-15,24H,3H2,1-2H3,(H,30,35). The lowest BCUT2D eigenvalue weighted by Crippen LogP contribution is -2.46. The third-order valence-corrected chi connectivity index (χ3v) is 6.31. The van der Waals surface area contributed by atoms with Gasteiger partial charge in [0.25, 0.3) is 5.89 Å². The molecule has 1 aliphatic rings. The van der Waals surface area contributed by atoms with Crippen LogP contribution in [0, 0.1) is 11.6 Å².